The Hall–Kier alpha value is -1.98. The van der Waals surface area contributed by atoms with Gasteiger partial charge in [-0.2, -0.15) is 4.31 Å². The molecular weight excluding hydrogens is 520 g/mol. The number of sulfonamides is 1. The van der Waals surface area contributed by atoms with Crippen molar-refractivity contribution in [1.29, 1.82) is 0 Å². The number of hydrogen-bond acceptors (Lipinski definition) is 6. The van der Waals surface area contributed by atoms with Crippen LogP contribution < -0.4 is 16.4 Å². The van der Waals surface area contributed by atoms with Gasteiger partial charge >= 0.3 is 0 Å². The Morgan fingerprint density at radius 3 is 2.14 bits per heavy atom. The fourth-order valence-corrected chi connectivity index (χ4v) is 7.73. The van der Waals surface area contributed by atoms with Crippen molar-refractivity contribution in [2.45, 2.75) is 76.8 Å². The lowest BCUT2D eigenvalue weighted by Gasteiger charge is -2.42. The Morgan fingerprint density at radius 2 is 1.64 bits per heavy atom. The molecule has 1 aliphatic rings. The van der Waals surface area contributed by atoms with Crippen LogP contribution in [0.15, 0.2) is 29.2 Å². The summed E-state index contributed by atoms with van der Waals surface area (Å²) >= 11 is 1.35. The second-order valence-corrected chi connectivity index (χ2v) is 13.1. The minimum atomic E-state index is -3.64. The number of amides is 2. The summed E-state index contributed by atoms with van der Waals surface area (Å²) in [6.07, 6.45) is 2.04. The van der Waals surface area contributed by atoms with Gasteiger partial charge in [0.15, 0.2) is 0 Å². The van der Waals surface area contributed by atoms with Crippen molar-refractivity contribution in [3.63, 3.8) is 0 Å². The van der Waals surface area contributed by atoms with Crippen LogP contribution in [-0.2, 0) is 22.0 Å². The molecule has 0 bridgehead atoms. The van der Waals surface area contributed by atoms with E-state index < -0.39 is 27.4 Å². The van der Waals surface area contributed by atoms with E-state index in [-0.39, 0.29) is 22.8 Å². The average molecular weight is 557 g/mol. The first kappa shape index (κ1) is 30.2. The summed E-state index contributed by atoms with van der Waals surface area (Å²) in [6.45, 7) is 13.0. The number of primary amides is 1. The molecule has 0 radical (unpaired) electrons. The number of nitrogens with two attached hydrogens (primary N) is 1. The number of anilines is 1. The third-order valence-electron chi connectivity index (χ3n) is 6.02. The predicted octanol–water partition coefficient (Wildman–Crippen LogP) is 4.49. The van der Waals surface area contributed by atoms with Gasteiger partial charge in [0.05, 0.1) is 10.5 Å². The molecule has 0 aliphatic carbocycles. The van der Waals surface area contributed by atoms with Crippen LogP contribution in [0.5, 0.6) is 0 Å². The zero-order chi connectivity index (χ0) is 26.2. The standard InChI is InChI=1S/C25H36N4O4S2.ClH/c1-7-13-29(14-8-2)35(32,33)17-11-9-16(10-12-17)22(31)27-23-19(21(26)30)18-15-24(3,4)28-25(5,6)20(18)34-23;/h9-12,28H,7-8,13-15H2,1-6H3,(H2,26,30)(H,27,31);1H. The number of benzene rings is 1. The summed E-state index contributed by atoms with van der Waals surface area (Å²) in [5.41, 5.74) is 6.60. The van der Waals surface area contributed by atoms with Crippen LogP contribution in [0.4, 0.5) is 5.00 Å². The summed E-state index contributed by atoms with van der Waals surface area (Å²) in [7, 11) is -3.64. The molecule has 1 aromatic carbocycles. The first-order valence-electron chi connectivity index (χ1n) is 11.9. The maximum absolute atomic E-state index is 13.1. The fraction of sp³-hybridized carbons (Fsp3) is 0.520. The van der Waals surface area contributed by atoms with Gasteiger partial charge in [-0.15, -0.1) is 23.7 Å². The summed E-state index contributed by atoms with van der Waals surface area (Å²) in [4.78, 5) is 26.6. The molecule has 2 aromatic rings. The van der Waals surface area contributed by atoms with Crippen LogP contribution >= 0.6 is 23.7 Å². The molecule has 0 unspecified atom stereocenters. The van der Waals surface area contributed by atoms with E-state index in [1.165, 1.54) is 39.9 Å². The summed E-state index contributed by atoms with van der Waals surface area (Å²) in [6, 6.07) is 5.88. The number of nitrogens with zero attached hydrogens (tertiary/aromatic N) is 1. The highest BCUT2D eigenvalue weighted by Gasteiger charge is 2.41. The monoisotopic (exact) mass is 556 g/mol. The Balaban J connectivity index is 0.00000456. The minimum Gasteiger partial charge on any atom is -0.365 e. The minimum absolute atomic E-state index is 0. The third-order valence-corrected chi connectivity index (χ3v) is 9.40. The quantitative estimate of drug-likeness (QED) is 0.420. The smallest absolute Gasteiger partial charge is 0.256 e. The van der Waals surface area contributed by atoms with E-state index >= 15 is 0 Å². The molecule has 11 heteroatoms. The van der Waals surface area contributed by atoms with Crippen molar-refractivity contribution in [1.82, 2.24) is 9.62 Å². The number of fused-ring (bicyclic) bond motifs is 1. The second-order valence-electron chi connectivity index (χ2n) is 10.2. The summed E-state index contributed by atoms with van der Waals surface area (Å²) < 4.78 is 27.5. The molecule has 2 heterocycles. The van der Waals surface area contributed by atoms with Crippen LogP contribution in [-0.4, -0.2) is 43.2 Å². The van der Waals surface area contributed by atoms with Crippen LogP contribution in [0, 0.1) is 0 Å². The number of carbonyl (C=O) groups excluding carboxylic acids is 2. The Kier molecular flexibility index (Phi) is 9.40. The summed E-state index contributed by atoms with van der Waals surface area (Å²) in [5, 5.41) is 6.84. The van der Waals surface area contributed by atoms with Crippen molar-refractivity contribution < 1.29 is 18.0 Å². The topological polar surface area (TPSA) is 122 Å². The predicted molar refractivity (Wildman–Crippen MR) is 148 cm³/mol. The van der Waals surface area contributed by atoms with Gasteiger partial charge in [0.25, 0.3) is 11.8 Å². The largest absolute Gasteiger partial charge is 0.365 e. The van der Waals surface area contributed by atoms with Gasteiger partial charge in [0.2, 0.25) is 10.0 Å². The van der Waals surface area contributed by atoms with Crippen LogP contribution in [0.3, 0.4) is 0 Å². The van der Waals surface area contributed by atoms with Crippen molar-refractivity contribution in [2.75, 3.05) is 18.4 Å². The van der Waals surface area contributed by atoms with E-state index in [0.29, 0.717) is 35.6 Å². The Labute approximate surface area is 224 Å². The van der Waals surface area contributed by atoms with Crippen LogP contribution in [0.1, 0.15) is 85.5 Å². The van der Waals surface area contributed by atoms with Gasteiger partial charge in [-0.05, 0) is 76.8 Å². The Morgan fingerprint density at radius 1 is 1.08 bits per heavy atom. The number of rotatable bonds is 9. The van der Waals surface area contributed by atoms with E-state index in [1.54, 1.807) is 0 Å². The van der Waals surface area contributed by atoms with Crippen molar-refractivity contribution in [3.8, 4) is 0 Å². The van der Waals surface area contributed by atoms with Crippen molar-refractivity contribution in [3.05, 3.63) is 45.8 Å². The SMILES string of the molecule is CCCN(CCC)S(=O)(=O)c1ccc(C(=O)Nc2sc3c(c2C(N)=O)CC(C)(C)NC3(C)C)cc1.Cl. The molecule has 3 rings (SSSR count). The molecule has 1 aromatic heterocycles. The van der Waals surface area contributed by atoms with Gasteiger partial charge < -0.3 is 16.4 Å². The highest BCUT2D eigenvalue weighted by molar-refractivity contribution is 7.89. The molecule has 200 valence electrons. The zero-order valence-corrected chi connectivity index (χ0v) is 24.2. The number of halogens is 1. The van der Waals surface area contributed by atoms with E-state index in [9.17, 15) is 18.0 Å². The average Bonchev–Trinajstić information content (AvgIpc) is 3.10. The lowest BCUT2D eigenvalue weighted by molar-refractivity contribution is 0.0999. The lowest BCUT2D eigenvalue weighted by Crippen LogP contribution is -2.55. The molecule has 0 atom stereocenters. The normalized spacial score (nSPS) is 16.2. The third kappa shape index (κ3) is 6.11. The van der Waals surface area contributed by atoms with E-state index in [4.69, 9.17) is 5.73 Å². The number of carbonyl (C=O) groups is 2. The van der Waals surface area contributed by atoms with Gasteiger partial charge in [0, 0.05) is 34.6 Å². The highest BCUT2D eigenvalue weighted by Crippen LogP contribution is 2.45. The first-order valence-corrected chi connectivity index (χ1v) is 14.2. The molecule has 0 saturated heterocycles. The molecule has 0 spiro atoms. The van der Waals surface area contributed by atoms with E-state index in [0.717, 1.165) is 23.3 Å². The zero-order valence-electron chi connectivity index (χ0n) is 21.7. The molecule has 4 N–H and O–H groups in total. The van der Waals surface area contributed by atoms with Crippen molar-refractivity contribution in [2.24, 2.45) is 5.73 Å². The molecule has 2 amide bonds. The number of thiophene rings is 1. The lowest BCUT2D eigenvalue weighted by atomic mass is 9.81. The molecule has 0 fully saturated rings. The Bertz CT molecular complexity index is 1220. The highest BCUT2D eigenvalue weighted by atomic mass is 35.5. The van der Waals surface area contributed by atoms with Gasteiger partial charge in [-0.1, -0.05) is 13.8 Å². The molecule has 0 saturated carbocycles. The number of hydrogen-bond donors (Lipinski definition) is 3. The van der Waals surface area contributed by atoms with Gasteiger partial charge in [-0.25, -0.2) is 8.42 Å². The van der Waals surface area contributed by atoms with Crippen LogP contribution in [0.2, 0.25) is 0 Å². The van der Waals surface area contributed by atoms with Crippen LogP contribution in [0.25, 0.3) is 0 Å². The molecular formula is C25H37ClN4O4S2. The fourth-order valence-electron chi connectivity index (χ4n) is 4.83. The van der Waals surface area contributed by atoms with Gasteiger partial charge in [0.1, 0.15) is 5.00 Å². The maximum atomic E-state index is 13.1. The maximum Gasteiger partial charge on any atom is 0.256 e. The molecule has 8 nitrogen and oxygen atoms in total. The van der Waals surface area contributed by atoms with E-state index in [1.807, 2.05) is 27.7 Å². The molecule has 36 heavy (non-hydrogen) atoms. The number of nitrogens with one attached hydrogen (secondary N) is 2. The second kappa shape index (κ2) is 11.2. The van der Waals surface area contributed by atoms with Gasteiger partial charge in [-0.3, -0.25) is 9.59 Å². The van der Waals surface area contributed by atoms with Crippen molar-refractivity contribution >= 4 is 50.6 Å². The summed E-state index contributed by atoms with van der Waals surface area (Å²) in [5.74, 6) is -1.02. The first-order chi connectivity index (χ1) is 16.2. The van der Waals surface area contributed by atoms with E-state index in [2.05, 4.69) is 24.5 Å². The molecule has 1 aliphatic heterocycles.